The van der Waals surface area contributed by atoms with Crippen molar-refractivity contribution in [1.82, 2.24) is 15.1 Å². The highest BCUT2D eigenvalue weighted by molar-refractivity contribution is 5.94. The van der Waals surface area contributed by atoms with Gasteiger partial charge in [0.15, 0.2) is 0 Å². The largest absolute Gasteiger partial charge is 0.339 e. The number of hydrogen-bond acceptors (Lipinski definition) is 3. The highest BCUT2D eigenvalue weighted by Gasteiger charge is 2.35. The van der Waals surface area contributed by atoms with Crippen molar-refractivity contribution in [2.24, 2.45) is 5.92 Å². The predicted molar refractivity (Wildman–Crippen MR) is 109 cm³/mol. The fraction of sp³-hybridized carbons (Fsp3) is 0.391. The Bertz CT molecular complexity index is 865. The van der Waals surface area contributed by atoms with E-state index in [0.29, 0.717) is 44.6 Å². The van der Waals surface area contributed by atoms with Crippen molar-refractivity contribution in [3.8, 4) is 0 Å². The molecule has 2 aliphatic rings. The number of carbonyl (C=O) groups excluding carboxylic acids is 2. The molecule has 0 bridgehead atoms. The molecule has 2 saturated heterocycles. The van der Waals surface area contributed by atoms with E-state index in [0.717, 1.165) is 12.1 Å². The molecule has 0 aliphatic carbocycles. The van der Waals surface area contributed by atoms with Crippen molar-refractivity contribution >= 4 is 11.8 Å². The molecule has 2 fully saturated rings. The third-order valence-electron chi connectivity index (χ3n) is 5.91. The number of hydrogen-bond donors (Lipinski definition) is 1. The minimum atomic E-state index is -0.284. The average Bonchev–Trinajstić information content (AvgIpc) is 2.79. The Morgan fingerprint density at radius 3 is 2.45 bits per heavy atom. The number of rotatable bonds is 3. The van der Waals surface area contributed by atoms with Crippen LogP contribution in [0.4, 0.5) is 4.39 Å². The molecule has 1 unspecified atom stereocenters. The summed E-state index contributed by atoms with van der Waals surface area (Å²) in [7, 11) is 0. The van der Waals surface area contributed by atoms with E-state index in [4.69, 9.17) is 0 Å². The normalized spacial score (nSPS) is 20.5. The molecule has 2 aromatic rings. The number of likely N-dealkylation sites (tertiary alicyclic amines) is 1. The summed E-state index contributed by atoms with van der Waals surface area (Å²) in [5.74, 6) is -0.235. The molecule has 6 heteroatoms. The number of amides is 2. The van der Waals surface area contributed by atoms with Gasteiger partial charge in [0.1, 0.15) is 5.82 Å². The molecule has 152 valence electrons. The highest BCUT2D eigenvalue weighted by atomic mass is 19.1. The first-order chi connectivity index (χ1) is 14.1. The minimum absolute atomic E-state index is 0.0244. The first-order valence-corrected chi connectivity index (χ1v) is 10.2. The quantitative estimate of drug-likeness (QED) is 0.870. The van der Waals surface area contributed by atoms with Gasteiger partial charge in [0.2, 0.25) is 5.91 Å². The summed E-state index contributed by atoms with van der Waals surface area (Å²) in [6.07, 6.45) is 1.33. The van der Waals surface area contributed by atoms with Gasteiger partial charge in [-0.3, -0.25) is 9.59 Å². The van der Waals surface area contributed by atoms with Crippen LogP contribution in [-0.4, -0.2) is 54.3 Å². The summed E-state index contributed by atoms with van der Waals surface area (Å²) in [5.41, 5.74) is 1.51. The van der Waals surface area contributed by atoms with E-state index < -0.39 is 0 Å². The topological polar surface area (TPSA) is 52.7 Å². The molecule has 5 nitrogen and oxygen atoms in total. The molecular formula is C23H26FN3O2. The van der Waals surface area contributed by atoms with Crippen LogP contribution in [0.3, 0.4) is 0 Å². The lowest BCUT2D eigenvalue weighted by atomic mass is 9.92. The van der Waals surface area contributed by atoms with Crippen LogP contribution in [0.25, 0.3) is 0 Å². The molecule has 0 radical (unpaired) electrons. The molecule has 1 atom stereocenters. The van der Waals surface area contributed by atoms with E-state index in [9.17, 15) is 14.0 Å². The van der Waals surface area contributed by atoms with E-state index in [2.05, 4.69) is 5.32 Å². The number of piperazine rings is 1. The van der Waals surface area contributed by atoms with Crippen LogP contribution < -0.4 is 5.32 Å². The molecule has 1 N–H and O–H groups in total. The van der Waals surface area contributed by atoms with Crippen LogP contribution in [0.15, 0.2) is 54.6 Å². The molecule has 0 saturated carbocycles. The van der Waals surface area contributed by atoms with E-state index >= 15 is 0 Å². The van der Waals surface area contributed by atoms with E-state index in [1.54, 1.807) is 6.07 Å². The van der Waals surface area contributed by atoms with Crippen molar-refractivity contribution in [2.45, 2.75) is 18.9 Å². The van der Waals surface area contributed by atoms with Gasteiger partial charge in [0.25, 0.3) is 5.91 Å². The molecule has 29 heavy (non-hydrogen) atoms. The second kappa shape index (κ2) is 8.74. The lowest BCUT2D eigenvalue weighted by Crippen LogP contribution is -2.52. The Hall–Kier alpha value is -2.73. The Morgan fingerprint density at radius 2 is 1.72 bits per heavy atom. The summed E-state index contributed by atoms with van der Waals surface area (Å²) in [5, 5.41) is 3.31. The van der Waals surface area contributed by atoms with E-state index in [1.807, 2.05) is 46.2 Å². The Labute approximate surface area is 170 Å². The molecule has 2 aliphatic heterocycles. The molecule has 2 aromatic carbocycles. The van der Waals surface area contributed by atoms with Crippen molar-refractivity contribution < 1.29 is 14.0 Å². The zero-order chi connectivity index (χ0) is 20.2. The van der Waals surface area contributed by atoms with Crippen LogP contribution >= 0.6 is 0 Å². The van der Waals surface area contributed by atoms with Crippen molar-refractivity contribution in [2.75, 3.05) is 32.7 Å². The second-order valence-electron chi connectivity index (χ2n) is 7.74. The SMILES string of the molecule is O=C(c1ccccc1)N1CCC(C(=O)N2CCNCC2c2cccc(F)c2)CC1. The summed E-state index contributed by atoms with van der Waals surface area (Å²) in [4.78, 5) is 29.6. The lowest BCUT2D eigenvalue weighted by Gasteiger charge is -2.40. The van der Waals surface area contributed by atoms with Gasteiger partial charge in [-0.15, -0.1) is 0 Å². The van der Waals surface area contributed by atoms with Crippen LogP contribution in [0.5, 0.6) is 0 Å². The maximum atomic E-state index is 13.7. The number of piperidine rings is 1. The van der Waals surface area contributed by atoms with Crippen LogP contribution in [0.1, 0.15) is 34.8 Å². The Morgan fingerprint density at radius 1 is 0.966 bits per heavy atom. The van der Waals surface area contributed by atoms with Crippen molar-refractivity contribution in [3.05, 3.63) is 71.5 Å². The van der Waals surface area contributed by atoms with E-state index in [-0.39, 0.29) is 29.6 Å². The Balaban J connectivity index is 1.41. The van der Waals surface area contributed by atoms with Gasteiger partial charge in [-0.2, -0.15) is 0 Å². The lowest BCUT2D eigenvalue weighted by molar-refractivity contribution is -0.140. The average molecular weight is 395 g/mol. The van der Waals surface area contributed by atoms with Gasteiger partial charge < -0.3 is 15.1 Å². The third kappa shape index (κ3) is 4.32. The molecule has 0 spiro atoms. The first-order valence-electron chi connectivity index (χ1n) is 10.2. The van der Waals surface area contributed by atoms with Gasteiger partial charge >= 0.3 is 0 Å². The maximum Gasteiger partial charge on any atom is 0.253 e. The minimum Gasteiger partial charge on any atom is -0.339 e. The number of nitrogens with zero attached hydrogens (tertiary/aromatic N) is 2. The number of carbonyl (C=O) groups is 2. The first kappa shape index (κ1) is 19.6. The van der Waals surface area contributed by atoms with Crippen molar-refractivity contribution in [3.63, 3.8) is 0 Å². The number of halogens is 1. The highest BCUT2D eigenvalue weighted by Crippen LogP contribution is 2.28. The summed E-state index contributed by atoms with van der Waals surface area (Å²) < 4.78 is 13.7. The van der Waals surface area contributed by atoms with Crippen LogP contribution in [0, 0.1) is 11.7 Å². The summed E-state index contributed by atoms with van der Waals surface area (Å²) in [6.45, 7) is 3.15. The van der Waals surface area contributed by atoms with E-state index in [1.165, 1.54) is 12.1 Å². The molecule has 2 heterocycles. The molecule has 4 rings (SSSR count). The van der Waals surface area contributed by atoms with Crippen LogP contribution in [0.2, 0.25) is 0 Å². The maximum absolute atomic E-state index is 13.7. The molecular weight excluding hydrogens is 369 g/mol. The smallest absolute Gasteiger partial charge is 0.253 e. The summed E-state index contributed by atoms with van der Waals surface area (Å²) >= 11 is 0. The van der Waals surface area contributed by atoms with Crippen LogP contribution in [-0.2, 0) is 4.79 Å². The van der Waals surface area contributed by atoms with Gasteiger partial charge in [0.05, 0.1) is 6.04 Å². The second-order valence-corrected chi connectivity index (χ2v) is 7.74. The standard InChI is InChI=1S/C23H26FN3O2/c24-20-8-4-7-19(15-20)21-16-25-11-14-27(21)23(29)18-9-12-26(13-10-18)22(28)17-5-2-1-3-6-17/h1-8,15,18,21,25H,9-14,16H2. The predicted octanol–water partition coefficient (Wildman–Crippen LogP) is 2.85. The Kier molecular flexibility index (Phi) is 5.90. The number of benzene rings is 2. The third-order valence-corrected chi connectivity index (χ3v) is 5.91. The van der Waals surface area contributed by atoms with Gasteiger partial charge in [-0.05, 0) is 42.7 Å². The monoisotopic (exact) mass is 395 g/mol. The summed E-state index contributed by atoms with van der Waals surface area (Å²) in [6, 6.07) is 15.6. The zero-order valence-corrected chi connectivity index (χ0v) is 16.4. The molecule has 2 amide bonds. The molecule has 0 aromatic heterocycles. The zero-order valence-electron chi connectivity index (χ0n) is 16.4. The number of nitrogens with one attached hydrogen (secondary N) is 1. The fourth-order valence-electron chi connectivity index (χ4n) is 4.31. The van der Waals surface area contributed by atoms with Gasteiger partial charge in [0, 0.05) is 44.2 Å². The van der Waals surface area contributed by atoms with Gasteiger partial charge in [-0.1, -0.05) is 30.3 Å². The fourth-order valence-corrected chi connectivity index (χ4v) is 4.31. The van der Waals surface area contributed by atoms with Crippen molar-refractivity contribution in [1.29, 1.82) is 0 Å². The van der Waals surface area contributed by atoms with Gasteiger partial charge in [-0.25, -0.2) is 4.39 Å².